The zero-order valence-electron chi connectivity index (χ0n) is 15.2. The van der Waals surface area contributed by atoms with Crippen LogP contribution in [0, 0.1) is 0 Å². The molecule has 1 aromatic carbocycles. The lowest BCUT2D eigenvalue weighted by atomic mass is 10.2. The number of rotatable bonds is 5. The molecule has 1 aliphatic heterocycles. The molecule has 1 aliphatic rings. The van der Waals surface area contributed by atoms with Gasteiger partial charge < -0.3 is 19.7 Å². The summed E-state index contributed by atoms with van der Waals surface area (Å²) in [4.78, 5) is 17.9. The van der Waals surface area contributed by atoms with Gasteiger partial charge in [-0.05, 0) is 25.1 Å². The van der Waals surface area contributed by atoms with Crippen LogP contribution in [0.1, 0.15) is 18.9 Å². The van der Waals surface area contributed by atoms with E-state index in [1.165, 1.54) is 0 Å². The normalized spacial score (nSPS) is 16.7. The summed E-state index contributed by atoms with van der Waals surface area (Å²) in [6, 6.07) is 8.51. The number of likely N-dealkylation sites (tertiary alicyclic amines) is 1. The van der Waals surface area contributed by atoms with Crippen molar-refractivity contribution in [2.75, 3.05) is 25.0 Å². The van der Waals surface area contributed by atoms with Crippen LogP contribution in [-0.2, 0) is 6.18 Å². The van der Waals surface area contributed by atoms with Gasteiger partial charge in [0.1, 0.15) is 11.9 Å². The molecule has 0 bridgehead atoms. The maximum atomic E-state index is 12.8. The van der Waals surface area contributed by atoms with Gasteiger partial charge in [0, 0.05) is 25.2 Å². The summed E-state index contributed by atoms with van der Waals surface area (Å²) < 4.78 is 49.4. The number of benzene rings is 1. The minimum atomic E-state index is -4.46. The number of ether oxygens (including phenoxy) is 2. The Bertz CT molecular complexity index is 829. The SMILES string of the molecule is CCOc1ccccc1NC(=O)N1CCC(Oc2cc(C(F)(F)F)ccn2)C1. The number of pyridine rings is 1. The van der Waals surface area contributed by atoms with E-state index in [-0.39, 0.29) is 18.5 Å². The van der Waals surface area contributed by atoms with Gasteiger partial charge in [0.2, 0.25) is 5.88 Å². The van der Waals surface area contributed by atoms with Crippen molar-refractivity contribution in [3.05, 3.63) is 48.2 Å². The molecule has 0 aliphatic carbocycles. The maximum Gasteiger partial charge on any atom is 0.416 e. The number of hydrogen-bond donors (Lipinski definition) is 1. The Balaban J connectivity index is 1.59. The average Bonchev–Trinajstić information content (AvgIpc) is 3.12. The maximum absolute atomic E-state index is 12.8. The molecule has 0 spiro atoms. The zero-order chi connectivity index (χ0) is 20.1. The highest BCUT2D eigenvalue weighted by Gasteiger charge is 2.32. The quantitative estimate of drug-likeness (QED) is 0.825. The fourth-order valence-electron chi connectivity index (χ4n) is 2.88. The van der Waals surface area contributed by atoms with Gasteiger partial charge in [-0.25, -0.2) is 9.78 Å². The topological polar surface area (TPSA) is 63.7 Å². The highest BCUT2D eigenvalue weighted by atomic mass is 19.4. The summed E-state index contributed by atoms with van der Waals surface area (Å²) in [5.74, 6) is 0.460. The van der Waals surface area contributed by atoms with E-state index < -0.39 is 17.8 Å². The molecule has 150 valence electrons. The van der Waals surface area contributed by atoms with Gasteiger partial charge in [-0.1, -0.05) is 12.1 Å². The lowest BCUT2D eigenvalue weighted by Crippen LogP contribution is -2.34. The average molecular weight is 395 g/mol. The summed E-state index contributed by atoms with van der Waals surface area (Å²) in [6.07, 6.45) is -3.33. The van der Waals surface area contributed by atoms with Crippen molar-refractivity contribution in [3.8, 4) is 11.6 Å². The van der Waals surface area contributed by atoms with E-state index in [1.54, 1.807) is 23.1 Å². The molecular formula is C19H20F3N3O3. The minimum Gasteiger partial charge on any atom is -0.492 e. The highest BCUT2D eigenvalue weighted by molar-refractivity contribution is 5.91. The third-order valence-corrected chi connectivity index (χ3v) is 4.21. The highest BCUT2D eigenvalue weighted by Crippen LogP contribution is 2.31. The Morgan fingerprint density at radius 3 is 2.86 bits per heavy atom. The van der Waals surface area contributed by atoms with Crippen LogP contribution in [0.25, 0.3) is 0 Å². The fraction of sp³-hybridized carbons (Fsp3) is 0.368. The Kier molecular flexibility index (Phi) is 5.91. The van der Waals surface area contributed by atoms with E-state index in [2.05, 4.69) is 10.3 Å². The van der Waals surface area contributed by atoms with Crippen LogP contribution in [0.15, 0.2) is 42.6 Å². The number of amides is 2. The molecule has 0 saturated carbocycles. The first kappa shape index (κ1) is 19.8. The third kappa shape index (κ3) is 4.85. The Hall–Kier alpha value is -2.97. The number of carbonyl (C=O) groups is 1. The molecule has 1 aromatic heterocycles. The monoisotopic (exact) mass is 395 g/mol. The largest absolute Gasteiger partial charge is 0.492 e. The molecule has 2 amide bonds. The molecule has 6 nitrogen and oxygen atoms in total. The van der Waals surface area contributed by atoms with Gasteiger partial charge in [-0.3, -0.25) is 0 Å². The van der Waals surface area contributed by atoms with E-state index in [1.807, 2.05) is 13.0 Å². The number of halogens is 3. The lowest BCUT2D eigenvalue weighted by molar-refractivity contribution is -0.137. The molecule has 0 radical (unpaired) electrons. The Labute approximate surface area is 160 Å². The van der Waals surface area contributed by atoms with Crippen LogP contribution in [0.5, 0.6) is 11.6 Å². The van der Waals surface area contributed by atoms with Crippen molar-refractivity contribution in [3.63, 3.8) is 0 Å². The van der Waals surface area contributed by atoms with Crippen LogP contribution < -0.4 is 14.8 Å². The molecule has 1 saturated heterocycles. The third-order valence-electron chi connectivity index (χ3n) is 4.21. The molecule has 1 N–H and O–H groups in total. The fourth-order valence-corrected chi connectivity index (χ4v) is 2.88. The van der Waals surface area contributed by atoms with Gasteiger partial charge in [0.15, 0.2) is 0 Å². The number of nitrogens with one attached hydrogen (secondary N) is 1. The second kappa shape index (κ2) is 8.37. The number of anilines is 1. The standard InChI is InChI=1S/C19H20F3N3O3/c1-2-27-16-6-4-3-5-15(16)24-18(26)25-10-8-14(12-25)28-17-11-13(7-9-23-17)19(20,21)22/h3-7,9,11,14H,2,8,10,12H2,1H3,(H,24,26). The second-order valence-electron chi connectivity index (χ2n) is 6.21. The second-order valence-corrected chi connectivity index (χ2v) is 6.21. The number of alkyl halides is 3. The van der Waals surface area contributed by atoms with Crippen molar-refractivity contribution in [2.24, 2.45) is 0 Å². The van der Waals surface area contributed by atoms with E-state index >= 15 is 0 Å². The molecule has 28 heavy (non-hydrogen) atoms. The van der Waals surface area contributed by atoms with E-state index in [0.29, 0.717) is 31.0 Å². The first-order valence-electron chi connectivity index (χ1n) is 8.84. The number of aromatic nitrogens is 1. The van der Waals surface area contributed by atoms with Crippen LogP contribution in [0.2, 0.25) is 0 Å². The van der Waals surface area contributed by atoms with Crippen LogP contribution in [-0.4, -0.2) is 41.7 Å². The van der Waals surface area contributed by atoms with Crippen LogP contribution in [0.3, 0.4) is 0 Å². The number of hydrogen-bond acceptors (Lipinski definition) is 4. The van der Waals surface area contributed by atoms with E-state index in [0.717, 1.165) is 18.3 Å². The molecular weight excluding hydrogens is 375 g/mol. The molecule has 1 unspecified atom stereocenters. The molecule has 9 heteroatoms. The molecule has 2 heterocycles. The minimum absolute atomic E-state index is 0.108. The van der Waals surface area contributed by atoms with Gasteiger partial charge in [-0.15, -0.1) is 0 Å². The predicted octanol–water partition coefficient (Wildman–Crippen LogP) is 4.18. The Morgan fingerprint density at radius 2 is 2.11 bits per heavy atom. The van der Waals surface area contributed by atoms with Gasteiger partial charge >= 0.3 is 12.2 Å². The lowest BCUT2D eigenvalue weighted by Gasteiger charge is -2.19. The number of urea groups is 1. The van der Waals surface area contributed by atoms with Crippen molar-refractivity contribution < 1.29 is 27.4 Å². The van der Waals surface area contributed by atoms with Crippen molar-refractivity contribution in [1.29, 1.82) is 0 Å². The molecule has 1 atom stereocenters. The molecule has 3 rings (SSSR count). The predicted molar refractivity (Wildman–Crippen MR) is 96.5 cm³/mol. The number of carbonyl (C=O) groups excluding carboxylic acids is 1. The number of nitrogens with zero attached hydrogens (tertiary/aromatic N) is 2. The van der Waals surface area contributed by atoms with Crippen LogP contribution >= 0.6 is 0 Å². The van der Waals surface area contributed by atoms with Gasteiger partial charge in [0.25, 0.3) is 0 Å². The number of para-hydroxylation sites is 2. The molecule has 2 aromatic rings. The van der Waals surface area contributed by atoms with Gasteiger partial charge in [0.05, 0.1) is 24.4 Å². The summed E-state index contributed by atoms with van der Waals surface area (Å²) in [7, 11) is 0. The van der Waals surface area contributed by atoms with Crippen molar-refractivity contribution in [1.82, 2.24) is 9.88 Å². The smallest absolute Gasteiger partial charge is 0.416 e. The van der Waals surface area contributed by atoms with Crippen molar-refractivity contribution >= 4 is 11.7 Å². The van der Waals surface area contributed by atoms with Crippen molar-refractivity contribution in [2.45, 2.75) is 25.6 Å². The summed E-state index contributed by atoms with van der Waals surface area (Å²) in [6.45, 7) is 2.99. The van der Waals surface area contributed by atoms with E-state index in [4.69, 9.17) is 9.47 Å². The zero-order valence-corrected chi connectivity index (χ0v) is 15.2. The first-order chi connectivity index (χ1) is 13.4. The van der Waals surface area contributed by atoms with E-state index in [9.17, 15) is 18.0 Å². The Morgan fingerprint density at radius 1 is 1.32 bits per heavy atom. The summed E-state index contributed by atoms with van der Waals surface area (Å²) in [5, 5.41) is 2.79. The molecule has 1 fully saturated rings. The first-order valence-corrected chi connectivity index (χ1v) is 8.84. The summed E-state index contributed by atoms with van der Waals surface area (Å²) in [5.41, 5.74) is -0.268. The van der Waals surface area contributed by atoms with Gasteiger partial charge in [-0.2, -0.15) is 13.2 Å². The summed E-state index contributed by atoms with van der Waals surface area (Å²) >= 11 is 0. The van der Waals surface area contributed by atoms with Crippen LogP contribution in [0.4, 0.5) is 23.7 Å².